The maximum absolute atomic E-state index is 13.5. The van der Waals surface area contributed by atoms with E-state index >= 15 is 0 Å². The van der Waals surface area contributed by atoms with E-state index in [9.17, 15) is 9.59 Å². The minimum absolute atomic E-state index is 0. The highest BCUT2D eigenvalue weighted by Crippen LogP contribution is 2.37. The van der Waals surface area contributed by atoms with Crippen molar-refractivity contribution >= 4 is 39.8 Å². The summed E-state index contributed by atoms with van der Waals surface area (Å²) in [6, 6.07) is 32.3. The van der Waals surface area contributed by atoms with Gasteiger partial charge in [-0.3, -0.25) is 9.59 Å². The lowest BCUT2D eigenvalue weighted by Gasteiger charge is -2.34. The zero-order valence-electron chi connectivity index (χ0n) is 22.1. The normalized spacial score (nSPS) is 14.8. The summed E-state index contributed by atoms with van der Waals surface area (Å²) in [6.07, 6.45) is 1.54. The minimum Gasteiger partial charge on any atom is -1.00 e. The summed E-state index contributed by atoms with van der Waals surface area (Å²) in [6.45, 7) is 1.13. The quantitative estimate of drug-likeness (QED) is 0.308. The number of rotatable bonds is 6. The lowest BCUT2D eigenvalue weighted by atomic mass is 9.93. The Labute approximate surface area is 249 Å². The molecule has 8 heteroatoms. The monoisotopic (exact) mass is 584 g/mol. The van der Waals surface area contributed by atoms with Crippen molar-refractivity contribution in [3.63, 3.8) is 0 Å². The van der Waals surface area contributed by atoms with Gasteiger partial charge in [0.05, 0.1) is 5.92 Å². The molecule has 1 amide bonds. The second-order valence-electron chi connectivity index (χ2n) is 9.95. The first-order chi connectivity index (χ1) is 19.5. The fourth-order valence-corrected chi connectivity index (χ4v) is 5.50. The Hall–Kier alpha value is -4.26. The molecule has 1 unspecified atom stereocenters. The number of benzene rings is 4. The van der Waals surface area contributed by atoms with Crippen molar-refractivity contribution in [1.29, 1.82) is 0 Å². The number of carbonyl (C=O) groups excluding carboxylic acids is 1. The number of para-hydroxylation sites is 1. The molecule has 1 aromatic heterocycles. The number of nitrogens with one attached hydrogen (secondary N) is 2. The number of amides is 1. The third-order valence-electron chi connectivity index (χ3n) is 7.22. The van der Waals surface area contributed by atoms with Crippen molar-refractivity contribution in [2.45, 2.75) is 12.8 Å². The van der Waals surface area contributed by atoms with Gasteiger partial charge in [-0.2, -0.15) is 0 Å². The topological polar surface area (TPSA) is 74.4 Å². The predicted molar refractivity (Wildman–Crippen MR) is 162 cm³/mol. The van der Waals surface area contributed by atoms with Crippen molar-refractivity contribution in [2.75, 3.05) is 23.3 Å². The highest BCUT2D eigenvalue weighted by molar-refractivity contribution is 6.31. The highest BCUT2D eigenvalue weighted by atomic mass is 35.5. The van der Waals surface area contributed by atoms with Crippen LogP contribution in [0.25, 0.3) is 22.0 Å². The zero-order chi connectivity index (χ0) is 27.5. The number of aromatic amines is 1. The van der Waals surface area contributed by atoms with Gasteiger partial charge in [-0.05, 0) is 73.0 Å². The van der Waals surface area contributed by atoms with Gasteiger partial charge >= 0.3 is 0 Å². The molecule has 4 aromatic carbocycles. The van der Waals surface area contributed by atoms with Crippen LogP contribution in [0.15, 0.2) is 108 Å². The third-order valence-corrected chi connectivity index (χ3v) is 7.46. The molecule has 1 atom stereocenters. The summed E-state index contributed by atoms with van der Waals surface area (Å²) in [5.74, 6) is 1.11. The molecule has 41 heavy (non-hydrogen) atoms. The van der Waals surface area contributed by atoms with Crippen LogP contribution >= 0.6 is 11.6 Å². The number of hydrogen-bond acceptors (Lipinski definition) is 4. The molecule has 5 aromatic rings. The van der Waals surface area contributed by atoms with Crippen LogP contribution < -0.4 is 32.9 Å². The van der Waals surface area contributed by atoms with E-state index in [0.29, 0.717) is 35.2 Å². The van der Waals surface area contributed by atoms with Crippen LogP contribution in [0.4, 0.5) is 11.4 Å². The lowest BCUT2D eigenvalue weighted by Crippen LogP contribution is -3.00. The Morgan fingerprint density at radius 3 is 2.32 bits per heavy atom. The molecule has 1 fully saturated rings. The van der Waals surface area contributed by atoms with Gasteiger partial charge in [0.15, 0.2) is 0 Å². The van der Waals surface area contributed by atoms with E-state index in [-0.39, 0.29) is 29.8 Å². The summed E-state index contributed by atoms with van der Waals surface area (Å²) in [5.41, 5.74) is 3.58. The van der Waals surface area contributed by atoms with Crippen LogP contribution in [0.2, 0.25) is 5.02 Å². The summed E-state index contributed by atoms with van der Waals surface area (Å²) in [4.78, 5) is 31.9. The number of nitrogens with zero attached hydrogens (tertiary/aromatic N) is 1. The molecular formula is C33H28Cl2N3O3-. The number of hydrogen-bond donors (Lipinski definition) is 2. The van der Waals surface area contributed by atoms with Crippen LogP contribution in [-0.4, -0.2) is 24.0 Å². The molecule has 0 saturated carbocycles. The number of carbonyl (C=O) groups is 1. The molecular weight excluding hydrogens is 557 g/mol. The first-order valence-corrected chi connectivity index (χ1v) is 13.7. The predicted octanol–water partition coefficient (Wildman–Crippen LogP) is 4.50. The van der Waals surface area contributed by atoms with E-state index in [0.717, 1.165) is 40.6 Å². The first kappa shape index (κ1) is 28.3. The Morgan fingerprint density at radius 1 is 0.902 bits per heavy atom. The lowest BCUT2D eigenvalue weighted by molar-refractivity contribution is -0.120. The molecule has 1 aliphatic rings. The van der Waals surface area contributed by atoms with E-state index in [4.69, 9.17) is 16.3 Å². The fraction of sp³-hybridized carbons (Fsp3) is 0.152. The van der Waals surface area contributed by atoms with E-state index < -0.39 is 0 Å². The van der Waals surface area contributed by atoms with Crippen molar-refractivity contribution in [2.24, 2.45) is 5.92 Å². The van der Waals surface area contributed by atoms with E-state index in [1.54, 1.807) is 6.07 Å². The van der Waals surface area contributed by atoms with Gasteiger partial charge < -0.3 is 32.3 Å². The number of aromatic nitrogens is 1. The maximum Gasteiger partial charge on any atom is 0.272 e. The largest absolute Gasteiger partial charge is 1.00 e. The van der Waals surface area contributed by atoms with Gasteiger partial charge in [0, 0.05) is 40.3 Å². The van der Waals surface area contributed by atoms with Gasteiger partial charge in [0.25, 0.3) is 5.56 Å². The second-order valence-corrected chi connectivity index (χ2v) is 10.4. The van der Waals surface area contributed by atoms with Crippen LogP contribution in [-0.2, 0) is 4.79 Å². The molecule has 1 saturated heterocycles. The van der Waals surface area contributed by atoms with Crippen molar-refractivity contribution in [3.8, 4) is 22.6 Å². The molecule has 6 rings (SSSR count). The van der Waals surface area contributed by atoms with Crippen molar-refractivity contribution in [1.82, 2.24) is 4.98 Å². The summed E-state index contributed by atoms with van der Waals surface area (Å²) in [5, 5.41) is 4.52. The molecule has 2 N–H and O–H groups in total. The average Bonchev–Trinajstić information content (AvgIpc) is 2.99. The number of H-pyrrole nitrogens is 1. The number of piperidine rings is 1. The summed E-state index contributed by atoms with van der Waals surface area (Å²) >= 11 is 6.38. The standard InChI is InChI=1S/C33H28ClN3O3.ClH/c34-24-13-18-29-28(20-24)30(22-8-3-1-4-9-22)31(33(39)36-29)37-19-7-10-23(21-37)32(38)35-25-14-16-27(17-15-25)40-26-11-5-2-6-12-26;/h1-6,8-9,11-18,20,23H,7,10,19,21H2,(H,35,38)(H,36,39);1H/p-1. The molecule has 208 valence electrons. The smallest absolute Gasteiger partial charge is 0.272 e. The maximum atomic E-state index is 13.5. The van der Waals surface area contributed by atoms with Gasteiger partial charge in [-0.1, -0.05) is 60.1 Å². The van der Waals surface area contributed by atoms with Gasteiger partial charge in [0.2, 0.25) is 5.91 Å². The molecule has 1 aliphatic heterocycles. The molecule has 6 nitrogen and oxygen atoms in total. The fourth-order valence-electron chi connectivity index (χ4n) is 5.32. The number of pyridine rings is 1. The number of fused-ring (bicyclic) bond motifs is 1. The molecule has 2 heterocycles. The molecule has 0 aliphatic carbocycles. The molecule has 0 spiro atoms. The Kier molecular flexibility index (Phi) is 8.62. The SMILES string of the molecule is O=C(Nc1ccc(Oc2ccccc2)cc1)C1CCCN(c2c(-c3ccccc3)c3cc(Cl)ccc3[nH]c2=O)C1.[Cl-]. The van der Waals surface area contributed by atoms with Crippen LogP contribution in [0.3, 0.4) is 0 Å². The Balaban J connectivity index is 0.00000337. The van der Waals surface area contributed by atoms with E-state index in [1.807, 2.05) is 102 Å². The van der Waals surface area contributed by atoms with Crippen LogP contribution in [0, 0.1) is 5.92 Å². The van der Waals surface area contributed by atoms with Gasteiger partial charge in [-0.15, -0.1) is 0 Å². The van der Waals surface area contributed by atoms with Gasteiger partial charge in [-0.25, -0.2) is 0 Å². The first-order valence-electron chi connectivity index (χ1n) is 13.3. The van der Waals surface area contributed by atoms with Gasteiger partial charge in [0.1, 0.15) is 17.2 Å². The minimum atomic E-state index is -0.271. The van der Waals surface area contributed by atoms with E-state index in [1.165, 1.54) is 0 Å². The molecule has 0 radical (unpaired) electrons. The molecule has 0 bridgehead atoms. The number of halogens is 2. The van der Waals surface area contributed by atoms with Crippen molar-refractivity contribution in [3.05, 3.63) is 119 Å². The highest BCUT2D eigenvalue weighted by Gasteiger charge is 2.29. The third kappa shape index (κ3) is 6.24. The van der Waals surface area contributed by atoms with E-state index in [2.05, 4.69) is 10.3 Å². The Morgan fingerprint density at radius 2 is 1.59 bits per heavy atom. The number of ether oxygens (including phenoxy) is 1. The van der Waals surface area contributed by atoms with Crippen LogP contribution in [0.5, 0.6) is 11.5 Å². The average molecular weight is 586 g/mol. The Bertz CT molecular complexity index is 1710. The van der Waals surface area contributed by atoms with Crippen LogP contribution in [0.1, 0.15) is 12.8 Å². The van der Waals surface area contributed by atoms with Crippen molar-refractivity contribution < 1.29 is 21.9 Å². The second kappa shape index (κ2) is 12.5. The summed E-state index contributed by atoms with van der Waals surface area (Å²) < 4.78 is 5.85. The summed E-state index contributed by atoms with van der Waals surface area (Å²) in [7, 11) is 0. The number of anilines is 2. The zero-order valence-corrected chi connectivity index (χ0v) is 23.7.